The molecule has 0 saturated carbocycles. The number of nitrogens with zero attached hydrogens (tertiary/aromatic N) is 4. The largest absolute Gasteiger partial charge is 0.481 e. The van der Waals surface area contributed by atoms with Crippen molar-refractivity contribution in [1.82, 2.24) is 30.2 Å². The van der Waals surface area contributed by atoms with Crippen LogP contribution in [0.15, 0.2) is 12.7 Å². The zero-order chi connectivity index (χ0) is 42.1. The Morgan fingerprint density at radius 3 is 2.39 bits per heavy atom. The number of anilines is 1. The summed E-state index contributed by atoms with van der Waals surface area (Å²) in [7, 11) is -16.4. The molecular weight excluding hydrogens is 839 g/mol. The summed E-state index contributed by atoms with van der Waals surface area (Å²) in [6.45, 7) is -0.00483. The molecule has 12 N–H and O–H groups in total. The molecule has 1 saturated heterocycles. The average Bonchev–Trinajstić information content (AvgIpc) is 3.64. The number of phosphoric ester groups is 3. The molecule has 2 aromatic rings. The third-order valence-electron chi connectivity index (χ3n) is 7.63. The summed E-state index contributed by atoms with van der Waals surface area (Å²) in [5.74, 6) is -1.36. The van der Waals surface area contributed by atoms with Crippen LogP contribution in [0.25, 0.3) is 11.2 Å². The fraction of sp³-hybridized carbons (Fsp3) is 0.692. The van der Waals surface area contributed by atoms with Crippen molar-refractivity contribution in [1.29, 1.82) is 0 Å². The second-order valence-electron chi connectivity index (χ2n) is 12.7. The van der Waals surface area contributed by atoms with Crippen LogP contribution in [0.2, 0.25) is 0 Å². The van der Waals surface area contributed by atoms with Crippen LogP contribution in [-0.4, -0.2) is 146 Å². The highest BCUT2D eigenvalue weighted by atomic mass is 32.2. The lowest BCUT2D eigenvalue weighted by Gasteiger charge is -2.30. The molecule has 1 fully saturated rings. The fourth-order valence-electron chi connectivity index (χ4n) is 4.80. The molecule has 2 amide bonds. The monoisotopic (exact) mass is 883 g/mol. The van der Waals surface area contributed by atoms with Crippen molar-refractivity contribution < 1.29 is 90.7 Å². The van der Waals surface area contributed by atoms with Gasteiger partial charge in [0.25, 0.3) is 0 Å². The molecule has 56 heavy (non-hydrogen) atoms. The van der Waals surface area contributed by atoms with Gasteiger partial charge in [0.1, 0.15) is 36.3 Å². The molecule has 3 rings (SSSR count). The van der Waals surface area contributed by atoms with Crippen molar-refractivity contribution >= 4 is 69.1 Å². The normalized spacial score (nSPS) is 22.2. The zero-order valence-electron chi connectivity index (χ0n) is 29.7. The number of rotatable bonds is 23. The summed E-state index contributed by atoms with van der Waals surface area (Å²) in [6, 6.07) is 0. The molecule has 318 valence electrons. The first-order chi connectivity index (χ1) is 25.9. The van der Waals surface area contributed by atoms with Gasteiger partial charge in [0.2, 0.25) is 11.8 Å². The Hall–Kier alpha value is -2.52. The van der Waals surface area contributed by atoms with Gasteiger partial charge in [-0.1, -0.05) is 25.6 Å². The van der Waals surface area contributed by atoms with E-state index in [4.69, 9.17) is 24.6 Å². The fourth-order valence-corrected chi connectivity index (χ4v) is 8.37. The number of aromatic nitrogens is 4. The molecule has 0 spiro atoms. The molecule has 0 bridgehead atoms. The van der Waals surface area contributed by atoms with Gasteiger partial charge in [0.05, 0.1) is 25.6 Å². The summed E-state index contributed by atoms with van der Waals surface area (Å²) in [4.78, 5) is 87.2. The van der Waals surface area contributed by atoms with Crippen LogP contribution in [0, 0.1) is 5.41 Å². The van der Waals surface area contributed by atoms with Gasteiger partial charge in [-0.25, -0.2) is 28.6 Å². The van der Waals surface area contributed by atoms with Crippen LogP contribution in [0.3, 0.4) is 0 Å². The van der Waals surface area contributed by atoms with E-state index >= 15 is 0 Å². The van der Waals surface area contributed by atoms with Crippen LogP contribution < -0.4 is 16.4 Å². The number of amides is 2. The number of carbonyl (C=O) groups is 3. The number of nitrogens with two attached hydrogens (primary N) is 1. The summed E-state index contributed by atoms with van der Waals surface area (Å²) < 4.78 is 62.0. The highest BCUT2D eigenvalue weighted by Gasteiger charge is 2.50. The molecule has 26 nitrogen and oxygen atoms in total. The highest BCUT2D eigenvalue weighted by molar-refractivity contribution is 8.13. The van der Waals surface area contributed by atoms with Crippen molar-refractivity contribution in [3.05, 3.63) is 12.7 Å². The number of aliphatic hydroxyl groups is 4. The highest BCUT2D eigenvalue weighted by Crippen LogP contribution is 2.61. The minimum absolute atomic E-state index is 0.0216. The van der Waals surface area contributed by atoms with E-state index in [1.807, 2.05) is 0 Å². The summed E-state index contributed by atoms with van der Waals surface area (Å²) >= 11 is 0.883. The number of carbonyl (C=O) groups excluding carboxylic acids is 3. The van der Waals surface area contributed by atoms with Gasteiger partial charge in [0.15, 0.2) is 22.8 Å². The molecule has 8 atom stereocenters. The second kappa shape index (κ2) is 20.4. The Labute approximate surface area is 321 Å². The van der Waals surface area contributed by atoms with E-state index in [1.165, 1.54) is 13.8 Å². The minimum Gasteiger partial charge on any atom is -0.396 e. The molecule has 1 aliphatic rings. The molecule has 4 unspecified atom stereocenters. The standard InChI is InChI=1S/C26H44N7O19P3S/c1-26(2,21(39)24(40)29-5-3-16(36)28-6-8-56-17(37)9-14(35)4-7-34)11-49-55(46,47)52-54(44,45)48-10-15-20(51-53(41,42)43)19(38)25(50-15)33-13-32-18-22(27)30-12-31-23(18)33/h12-15,19-21,25,34-35,38-39H,3-11H2,1-2H3,(H,28,36)(H,29,40)(H,44,45)(H,46,47)(H2,27,30,31)(H2,41,42,43)/t14?,15-,19-,20-,21?,25-/m1/s1. The summed E-state index contributed by atoms with van der Waals surface area (Å²) in [6.07, 6.45) is -8.11. The van der Waals surface area contributed by atoms with Crippen molar-refractivity contribution in [2.24, 2.45) is 5.41 Å². The van der Waals surface area contributed by atoms with Crippen molar-refractivity contribution in [2.75, 3.05) is 44.4 Å². The van der Waals surface area contributed by atoms with E-state index < -0.39 is 90.7 Å². The van der Waals surface area contributed by atoms with Crippen LogP contribution in [-0.2, 0) is 50.7 Å². The van der Waals surface area contributed by atoms with Gasteiger partial charge in [0, 0.05) is 43.7 Å². The summed E-state index contributed by atoms with van der Waals surface area (Å²) in [5, 5.41) is 44.2. The molecule has 1 aliphatic heterocycles. The Kier molecular flexibility index (Phi) is 17.5. The first-order valence-corrected chi connectivity index (χ1v) is 21.8. The average molecular weight is 884 g/mol. The number of hydrogen-bond acceptors (Lipinski definition) is 20. The SMILES string of the molecule is CC(C)(COP(=O)(O)OP(=O)(O)OC[C@H]1O[C@@H](n2cnc3c(N)ncnc32)[C@H](O)[C@@H]1OP(=O)(O)O)C(O)C(=O)NCCC(=O)NCCSC(=O)CC(O)CCO. The maximum atomic E-state index is 12.7. The molecule has 2 aromatic heterocycles. The molecular formula is C26H44N7O19P3S. The number of fused-ring (bicyclic) bond motifs is 1. The number of thioether (sulfide) groups is 1. The van der Waals surface area contributed by atoms with E-state index in [0.29, 0.717) is 0 Å². The van der Waals surface area contributed by atoms with Crippen molar-refractivity contribution in [3.8, 4) is 0 Å². The number of nitrogens with one attached hydrogen (secondary N) is 2. The van der Waals surface area contributed by atoms with Crippen LogP contribution in [0.1, 0.15) is 39.3 Å². The Morgan fingerprint density at radius 2 is 1.73 bits per heavy atom. The van der Waals surface area contributed by atoms with Gasteiger partial charge < -0.3 is 61.1 Å². The predicted octanol–water partition coefficient (Wildman–Crippen LogP) is -2.20. The number of imidazole rings is 1. The maximum absolute atomic E-state index is 12.7. The van der Waals surface area contributed by atoms with Crippen LogP contribution >= 0.6 is 35.2 Å². The van der Waals surface area contributed by atoms with Crippen molar-refractivity contribution in [2.45, 2.75) is 69.9 Å². The quantitative estimate of drug-likeness (QED) is 0.0416. The number of hydrogen-bond donors (Lipinski definition) is 11. The molecule has 30 heteroatoms. The zero-order valence-corrected chi connectivity index (χ0v) is 33.2. The van der Waals surface area contributed by atoms with Gasteiger partial charge in [-0.15, -0.1) is 0 Å². The Morgan fingerprint density at radius 1 is 1.05 bits per heavy atom. The smallest absolute Gasteiger partial charge is 0.396 e. The predicted molar refractivity (Wildman–Crippen MR) is 189 cm³/mol. The Bertz CT molecular complexity index is 1820. The topological polar surface area (TPSA) is 404 Å². The molecule has 0 aliphatic carbocycles. The number of nitrogen functional groups attached to an aromatic ring is 1. The van der Waals surface area contributed by atoms with Gasteiger partial charge >= 0.3 is 23.5 Å². The second-order valence-corrected chi connectivity index (χ2v) is 18.0. The lowest BCUT2D eigenvalue weighted by molar-refractivity contribution is -0.137. The number of ether oxygens (including phenoxy) is 1. The van der Waals surface area contributed by atoms with Crippen molar-refractivity contribution in [3.63, 3.8) is 0 Å². The Balaban J connectivity index is 1.48. The van der Waals surface area contributed by atoms with E-state index in [-0.39, 0.29) is 66.8 Å². The van der Waals surface area contributed by atoms with Gasteiger partial charge in [-0.3, -0.25) is 32.5 Å². The molecule has 3 heterocycles. The number of aliphatic hydroxyl groups excluding tert-OH is 4. The van der Waals surface area contributed by atoms with E-state index in [9.17, 15) is 63.0 Å². The van der Waals surface area contributed by atoms with Gasteiger partial charge in [-0.2, -0.15) is 4.31 Å². The minimum atomic E-state index is -5.58. The lowest BCUT2D eigenvalue weighted by Crippen LogP contribution is -2.46. The number of phosphoric acid groups is 3. The first-order valence-electron chi connectivity index (χ1n) is 16.3. The van der Waals surface area contributed by atoms with Gasteiger partial charge in [-0.05, 0) is 6.42 Å². The summed E-state index contributed by atoms with van der Waals surface area (Å²) in [5.41, 5.74) is 4.21. The van der Waals surface area contributed by atoms with Crippen LogP contribution in [0.4, 0.5) is 5.82 Å². The maximum Gasteiger partial charge on any atom is 0.481 e. The first kappa shape index (κ1) is 47.9. The van der Waals surface area contributed by atoms with E-state index in [0.717, 1.165) is 29.0 Å². The molecule has 0 aromatic carbocycles. The third kappa shape index (κ3) is 14.7. The lowest BCUT2D eigenvalue weighted by atomic mass is 9.87. The third-order valence-corrected chi connectivity index (χ3v) is 11.6. The van der Waals surface area contributed by atoms with E-state index in [1.54, 1.807) is 0 Å². The van der Waals surface area contributed by atoms with Crippen LogP contribution in [0.5, 0.6) is 0 Å². The van der Waals surface area contributed by atoms with E-state index in [2.05, 4.69) is 34.4 Å². The molecule has 0 radical (unpaired) electrons.